The van der Waals surface area contributed by atoms with Crippen LogP contribution in [0.15, 0.2) is 24.3 Å². The monoisotopic (exact) mass is 621 g/mol. The highest BCUT2D eigenvalue weighted by molar-refractivity contribution is 6.03. The van der Waals surface area contributed by atoms with E-state index in [-0.39, 0.29) is 59.6 Å². The Balaban J connectivity index is 1.33. The van der Waals surface area contributed by atoms with Crippen molar-refractivity contribution >= 4 is 27.5 Å². The smallest absolute Gasteiger partial charge is 0.319 e. The Morgan fingerprint density at radius 1 is 1.09 bits per heavy atom. The maximum atomic E-state index is 16.9. The van der Waals surface area contributed by atoms with E-state index in [0.29, 0.717) is 60.3 Å². The van der Waals surface area contributed by atoms with Crippen molar-refractivity contribution in [3.63, 3.8) is 0 Å². The molecule has 3 fully saturated rings. The standard InChI is InChI=1S/C33H34F3N5O4/c1-17-11-41-21(14-43-13-17)15-44-31-26-29(38-32(39-30(26)41)45-16-33-6-3-7-40(33)12-20(34)10-33)27(36)28(37-31)23-9-22(42)8-19-4-5-24(35)18(2)25(19)23/h4-5,8-9,17,20-21,42H,3,6-7,10-16H2,1-2H3/t17-,20+,21-,33-/m0/s1. The van der Waals surface area contributed by atoms with Crippen LogP contribution in [0.2, 0.25) is 0 Å². The third-order valence-corrected chi connectivity index (χ3v) is 9.84. The predicted octanol–water partition coefficient (Wildman–Crippen LogP) is 5.33. The first kappa shape index (κ1) is 28.6. The third kappa shape index (κ3) is 4.63. The summed E-state index contributed by atoms with van der Waals surface area (Å²) in [4.78, 5) is 18.3. The fourth-order valence-electron chi connectivity index (χ4n) is 7.70. The Kier molecular flexibility index (Phi) is 6.72. The van der Waals surface area contributed by atoms with Crippen molar-refractivity contribution in [2.45, 2.75) is 50.9 Å². The first-order valence-corrected chi connectivity index (χ1v) is 15.5. The van der Waals surface area contributed by atoms with E-state index in [1.807, 2.05) is 0 Å². The molecule has 2 aromatic carbocycles. The molecule has 4 atom stereocenters. The number of ether oxygens (including phenoxy) is 3. The number of aromatic nitrogens is 3. The number of aryl methyl sites for hydroxylation is 1. The van der Waals surface area contributed by atoms with Gasteiger partial charge in [-0.15, -0.1) is 0 Å². The van der Waals surface area contributed by atoms with Crippen molar-refractivity contribution in [2.24, 2.45) is 5.92 Å². The van der Waals surface area contributed by atoms with Gasteiger partial charge in [-0.05, 0) is 66.8 Å². The summed E-state index contributed by atoms with van der Waals surface area (Å²) in [6, 6.07) is 5.47. The normalized spacial score (nSPS) is 26.4. The fourth-order valence-corrected chi connectivity index (χ4v) is 7.70. The average molecular weight is 622 g/mol. The summed E-state index contributed by atoms with van der Waals surface area (Å²) in [5.74, 6) is -0.635. The van der Waals surface area contributed by atoms with Crippen LogP contribution >= 0.6 is 0 Å². The van der Waals surface area contributed by atoms with E-state index < -0.39 is 23.3 Å². The summed E-state index contributed by atoms with van der Waals surface area (Å²) in [5.41, 5.74) is -0.140. The van der Waals surface area contributed by atoms with Crippen LogP contribution < -0.4 is 14.4 Å². The van der Waals surface area contributed by atoms with Crippen LogP contribution in [0.1, 0.15) is 31.7 Å². The molecule has 45 heavy (non-hydrogen) atoms. The van der Waals surface area contributed by atoms with Crippen LogP contribution in [0.4, 0.5) is 19.0 Å². The van der Waals surface area contributed by atoms with Crippen molar-refractivity contribution < 1.29 is 32.5 Å². The molecule has 4 aliphatic rings. The van der Waals surface area contributed by atoms with Crippen LogP contribution in [-0.4, -0.2) is 88.8 Å². The molecular formula is C33H34F3N5O4. The molecule has 3 saturated heterocycles. The van der Waals surface area contributed by atoms with Crippen LogP contribution in [-0.2, 0) is 4.74 Å². The number of phenolic OH excluding ortho intramolecular Hbond substituents is 1. The Bertz CT molecular complexity index is 1840. The third-order valence-electron chi connectivity index (χ3n) is 9.84. The lowest BCUT2D eigenvalue weighted by Gasteiger charge is -2.31. The Morgan fingerprint density at radius 2 is 1.96 bits per heavy atom. The first-order valence-electron chi connectivity index (χ1n) is 15.5. The average Bonchev–Trinajstić information content (AvgIpc) is 3.41. The van der Waals surface area contributed by atoms with E-state index in [9.17, 15) is 13.9 Å². The number of benzene rings is 2. The molecule has 12 heteroatoms. The number of halogens is 3. The van der Waals surface area contributed by atoms with Crippen LogP contribution in [0, 0.1) is 24.5 Å². The molecule has 1 N–H and O–H groups in total. The molecule has 236 valence electrons. The highest BCUT2D eigenvalue weighted by Gasteiger charge is 2.49. The van der Waals surface area contributed by atoms with Gasteiger partial charge in [0.1, 0.15) is 53.4 Å². The van der Waals surface area contributed by atoms with Crippen molar-refractivity contribution in [3.05, 3.63) is 41.5 Å². The predicted molar refractivity (Wildman–Crippen MR) is 162 cm³/mol. The number of fused-ring (bicyclic) bond motifs is 4. The largest absolute Gasteiger partial charge is 0.508 e. The van der Waals surface area contributed by atoms with Gasteiger partial charge in [-0.3, -0.25) is 4.90 Å². The van der Waals surface area contributed by atoms with Crippen molar-refractivity contribution in [3.8, 4) is 28.9 Å². The highest BCUT2D eigenvalue weighted by Crippen LogP contribution is 2.44. The number of phenols is 1. The van der Waals surface area contributed by atoms with Gasteiger partial charge >= 0.3 is 6.01 Å². The van der Waals surface area contributed by atoms with Gasteiger partial charge in [0, 0.05) is 25.1 Å². The molecule has 0 radical (unpaired) electrons. The SMILES string of the molecule is Cc1c(F)ccc2cc(O)cc(-c3nc4c5c(nc(OC[C@@]67CCCN6C[C@H](F)C7)nc5c3F)N3C[C@H](C)COC[C@H]3CO4)c12. The summed E-state index contributed by atoms with van der Waals surface area (Å²) in [6.45, 7) is 6.77. The molecule has 0 bridgehead atoms. The summed E-state index contributed by atoms with van der Waals surface area (Å²) >= 11 is 0. The van der Waals surface area contributed by atoms with Crippen molar-refractivity contribution in [1.29, 1.82) is 0 Å². The van der Waals surface area contributed by atoms with Crippen LogP contribution in [0.5, 0.6) is 17.6 Å². The minimum atomic E-state index is -0.924. The van der Waals surface area contributed by atoms with E-state index in [1.54, 1.807) is 6.92 Å². The van der Waals surface area contributed by atoms with Gasteiger partial charge in [0.05, 0.1) is 24.8 Å². The molecule has 0 amide bonds. The molecule has 2 aromatic heterocycles. The van der Waals surface area contributed by atoms with Crippen LogP contribution in [0.3, 0.4) is 0 Å². The molecule has 0 saturated carbocycles. The van der Waals surface area contributed by atoms with Gasteiger partial charge < -0.3 is 24.2 Å². The highest BCUT2D eigenvalue weighted by atomic mass is 19.1. The molecule has 0 aliphatic carbocycles. The molecule has 0 spiro atoms. The Hall–Kier alpha value is -3.90. The quantitative estimate of drug-likeness (QED) is 0.325. The zero-order chi connectivity index (χ0) is 31.0. The van der Waals surface area contributed by atoms with Crippen molar-refractivity contribution in [1.82, 2.24) is 19.9 Å². The lowest BCUT2D eigenvalue weighted by molar-refractivity contribution is 0.103. The molecule has 0 unspecified atom stereocenters. The molecule has 4 aromatic rings. The number of hydrogen-bond donors (Lipinski definition) is 1. The Morgan fingerprint density at radius 3 is 2.82 bits per heavy atom. The van der Waals surface area contributed by atoms with E-state index >= 15 is 4.39 Å². The number of rotatable bonds is 4. The number of aromatic hydroxyl groups is 1. The van der Waals surface area contributed by atoms with Gasteiger partial charge in [-0.25, -0.2) is 18.2 Å². The lowest BCUT2D eigenvalue weighted by Crippen LogP contribution is -2.44. The number of hydrogen-bond acceptors (Lipinski definition) is 9. The number of alkyl halides is 1. The van der Waals surface area contributed by atoms with E-state index in [4.69, 9.17) is 19.2 Å². The van der Waals surface area contributed by atoms with Crippen LogP contribution in [0.25, 0.3) is 32.9 Å². The zero-order valence-corrected chi connectivity index (χ0v) is 25.2. The molecular weight excluding hydrogens is 587 g/mol. The second kappa shape index (κ2) is 10.6. The second-order valence-electron chi connectivity index (χ2n) is 13.0. The molecule has 4 aliphatic heterocycles. The van der Waals surface area contributed by atoms with Gasteiger partial charge in [-0.1, -0.05) is 13.0 Å². The van der Waals surface area contributed by atoms with Gasteiger partial charge in [-0.2, -0.15) is 9.97 Å². The van der Waals surface area contributed by atoms with E-state index in [1.165, 1.54) is 24.3 Å². The summed E-state index contributed by atoms with van der Waals surface area (Å²) in [5, 5.41) is 11.9. The number of nitrogens with zero attached hydrogens (tertiary/aromatic N) is 5. The van der Waals surface area contributed by atoms with Gasteiger partial charge in [0.2, 0.25) is 5.88 Å². The topological polar surface area (TPSA) is 93.1 Å². The minimum absolute atomic E-state index is 0.0236. The van der Waals surface area contributed by atoms with Gasteiger partial charge in [0.15, 0.2) is 5.82 Å². The fraction of sp³-hybridized carbons (Fsp3) is 0.485. The maximum absolute atomic E-state index is 16.9. The summed E-state index contributed by atoms with van der Waals surface area (Å²) < 4.78 is 64.6. The van der Waals surface area contributed by atoms with Crippen molar-refractivity contribution in [2.75, 3.05) is 51.0 Å². The lowest BCUT2D eigenvalue weighted by atomic mass is 9.95. The summed E-state index contributed by atoms with van der Waals surface area (Å²) in [6.07, 6.45) is 1.21. The Labute approximate surface area is 257 Å². The summed E-state index contributed by atoms with van der Waals surface area (Å²) in [7, 11) is 0. The molecule has 8 rings (SSSR count). The second-order valence-corrected chi connectivity index (χ2v) is 13.0. The first-order chi connectivity index (χ1) is 21.7. The van der Waals surface area contributed by atoms with E-state index in [0.717, 1.165) is 19.4 Å². The molecule has 6 heterocycles. The van der Waals surface area contributed by atoms with Gasteiger partial charge in [0.25, 0.3) is 0 Å². The molecule has 9 nitrogen and oxygen atoms in total. The zero-order valence-electron chi connectivity index (χ0n) is 25.2. The maximum Gasteiger partial charge on any atom is 0.319 e. The number of pyridine rings is 1. The van der Waals surface area contributed by atoms with E-state index in [2.05, 4.69) is 26.7 Å². The minimum Gasteiger partial charge on any atom is -0.508 e. The number of anilines is 1.